The predicted octanol–water partition coefficient (Wildman–Crippen LogP) is 3.25. The minimum absolute atomic E-state index is 0.111. The van der Waals surface area contributed by atoms with Gasteiger partial charge in [-0.1, -0.05) is 6.07 Å². The van der Waals surface area contributed by atoms with Crippen LogP contribution >= 0.6 is 0 Å². The first-order valence-corrected chi connectivity index (χ1v) is 5.67. The first-order valence-electron chi connectivity index (χ1n) is 5.67. The van der Waals surface area contributed by atoms with Crippen LogP contribution in [0.25, 0.3) is 0 Å². The summed E-state index contributed by atoms with van der Waals surface area (Å²) in [5.74, 6) is -2.56. The predicted molar refractivity (Wildman–Crippen MR) is 58.0 cm³/mol. The fourth-order valence-corrected chi connectivity index (χ4v) is 2.34. The molecular weight excluding hydrogens is 264 g/mol. The van der Waals surface area contributed by atoms with Gasteiger partial charge in [0.05, 0.1) is 12.0 Å². The van der Waals surface area contributed by atoms with Crippen molar-refractivity contribution in [3.8, 4) is 0 Å². The average molecular weight is 274 g/mol. The molecule has 0 amide bonds. The largest absolute Gasteiger partial charge is 0.416 e. The van der Waals surface area contributed by atoms with Gasteiger partial charge in [-0.25, -0.2) is 4.39 Å². The number of hydrogen-bond donors (Lipinski definition) is 0. The molecule has 0 atom stereocenters. The van der Waals surface area contributed by atoms with Gasteiger partial charge < -0.3 is 0 Å². The first kappa shape index (κ1) is 13.7. The molecule has 0 heterocycles. The van der Waals surface area contributed by atoms with E-state index in [1.54, 1.807) is 0 Å². The molecule has 0 bridgehead atoms. The highest BCUT2D eigenvalue weighted by Gasteiger charge is 2.37. The molecule has 2 rings (SSSR count). The van der Waals surface area contributed by atoms with Crippen molar-refractivity contribution >= 4 is 11.6 Å². The summed E-state index contributed by atoms with van der Waals surface area (Å²) < 4.78 is 51.5. The Morgan fingerprint density at radius 3 is 2.16 bits per heavy atom. The fraction of sp³-hybridized carbons (Fsp3) is 0.385. The Bertz CT molecular complexity index is 518. The van der Waals surface area contributed by atoms with Crippen LogP contribution < -0.4 is 0 Å². The summed E-state index contributed by atoms with van der Waals surface area (Å²) in [6.07, 6.45) is -5.15. The van der Waals surface area contributed by atoms with Crippen molar-refractivity contribution < 1.29 is 27.2 Å². The molecule has 1 aliphatic carbocycles. The lowest BCUT2D eigenvalue weighted by atomic mass is 9.80. The van der Waals surface area contributed by atoms with Crippen molar-refractivity contribution in [3.63, 3.8) is 0 Å². The minimum Gasteiger partial charge on any atom is -0.299 e. The van der Waals surface area contributed by atoms with Crippen LogP contribution in [0.4, 0.5) is 17.6 Å². The molecule has 0 N–H and O–H groups in total. The highest BCUT2D eigenvalue weighted by molar-refractivity contribution is 6.02. The third-order valence-corrected chi connectivity index (χ3v) is 3.10. The maximum Gasteiger partial charge on any atom is 0.416 e. The molecule has 0 spiro atoms. The van der Waals surface area contributed by atoms with Gasteiger partial charge in [-0.2, -0.15) is 13.2 Å². The van der Waals surface area contributed by atoms with E-state index < -0.39 is 23.5 Å². The fourth-order valence-electron chi connectivity index (χ4n) is 2.34. The van der Waals surface area contributed by atoms with E-state index in [1.165, 1.54) is 0 Å². The second kappa shape index (κ2) is 4.75. The molecular formula is C13H10F4O2. The maximum absolute atomic E-state index is 13.0. The molecule has 19 heavy (non-hydrogen) atoms. The Kier molecular flexibility index (Phi) is 3.43. The molecule has 0 saturated heterocycles. The molecule has 1 aromatic carbocycles. The van der Waals surface area contributed by atoms with Gasteiger partial charge in [-0.15, -0.1) is 0 Å². The number of carbonyl (C=O) groups excluding carboxylic acids is 2. The summed E-state index contributed by atoms with van der Waals surface area (Å²) >= 11 is 0. The van der Waals surface area contributed by atoms with Gasteiger partial charge in [-0.3, -0.25) is 9.59 Å². The van der Waals surface area contributed by atoms with Crippen molar-refractivity contribution in [2.75, 3.05) is 0 Å². The van der Waals surface area contributed by atoms with E-state index in [2.05, 4.69) is 0 Å². The van der Waals surface area contributed by atoms with Crippen LogP contribution in [0.5, 0.6) is 0 Å². The molecule has 1 aromatic rings. The van der Waals surface area contributed by atoms with E-state index in [0.717, 1.165) is 12.1 Å². The second-order valence-corrected chi connectivity index (χ2v) is 4.59. The summed E-state index contributed by atoms with van der Waals surface area (Å²) in [7, 11) is 0. The number of hydrogen-bond acceptors (Lipinski definition) is 2. The van der Waals surface area contributed by atoms with Crippen LogP contribution in [0.15, 0.2) is 18.2 Å². The van der Waals surface area contributed by atoms with E-state index in [-0.39, 0.29) is 36.4 Å². The number of carbonyl (C=O) groups is 2. The van der Waals surface area contributed by atoms with Crippen LogP contribution in [0.2, 0.25) is 0 Å². The van der Waals surface area contributed by atoms with E-state index in [1.807, 2.05) is 0 Å². The van der Waals surface area contributed by atoms with Gasteiger partial charge in [0.15, 0.2) is 0 Å². The average Bonchev–Trinajstić information content (AvgIpc) is 2.26. The maximum atomic E-state index is 13.0. The molecule has 0 unspecified atom stereocenters. The first-order chi connectivity index (χ1) is 8.77. The Hall–Kier alpha value is -1.72. The van der Waals surface area contributed by atoms with Gasteiger partial charge in [-0.05, 0) is 23.6 Å². The van der Waals surface area contributed by atoms with Crippen molar-refractivity contribution in [2.24, 2.45) is 0 Å². The zero-order valence-electron chi connectivity index (χ0n) is 9.76. The van der Waals surface area contributed by atoms with Crippen molar-refractivity contribution in [1.29, 1.82) is 0 Å². The van der Waals surface area contributed by atoms with E-state index in [0.29, 0.717) is 6.07 Å². The zero-order valence-corrected chi connectivity index (χ0v) is 9.76. The van der Waals surface area contributed by atoms with Crippen LogP contribution in [0, 0.1) is 5.82 Å². The third kappa shape index (κ3) is 3.00. The quantitative estimate of drug-likeness (QED) is 0.582. The Balaban J connectivity index is 2.44. The van der Waals surface area contributed by atoms with Crippen molar-refractivity contribution in [1.82, 2.24) is 0 Å². The summed E-state index contributed by atoms with van der Waals surface area (Å²) in [5.41, 5.74) is -1.30. The van der Waals surface area contributed by atoms with Crippen LogP contribution in [-0.2, 0) is 15.8 Å². The van der Waals surface area contributed by atoms with Crippen molar-refractivity contribution in [2.45, 2.75) is 31.4 Å². The molecule has 0 radical (unpaired) electrons. The SMILES string of the molecule is O=C1CC(=O)CC(c2ccc(F)cc2C(F)(F)F)C1. The van der Waals surface area contributed by atoms with Gasteiger partial charge in [0.1, 0.15) is 17.4 Å². The number of halogens is 4. The monoisotopic (exact) mass is 274 g/mol. The third-order valence-electron chi connectivity index (χ3n) is 3.10. The van der Waals surface area contributed by atoms with Gasteiger partial charge >= 0.3 is 6.18 Å². The van der Waals surface area contributed by atoms with Crippen LogP contribution in [0.3, 0.4) is 0 Å². The molecule has 6 heteroatoms. The Morgan fingerprint density at radius 1 is 1.05 bits per heavy atom. The second-order valence-electron chi connectivity index (χ2n) is 4.59. The Morgan fingerprint density at radius 2 is 1.63 bits per heavy atom. The molecule has 102 valence electrons. The lowest BCUT2D eigenvalue weighted by molar-refractivity contribution is -0.139. The van der Waals surface area contributed by atoms with Gasteiger partial charge in [0.2, 0.25) is 0 Å². The summed E-state index contributed by atoms with van der Waals surface area (Å²) in [5, 5.41) is 0. The zero-order chi connectivity index (χ0) is 14.2. The topological polar surface area (TPSA) is 34.1 Å². The molecule has 0 aromatic heterocycles. The lowest BCUT2D eigenvalue weighted by Crippen LogP contribution is -2.23. The Labute approximate surface area is 106 Å². The van der Waals surface area contributed by atoms with E-state index >= 15 is 0 Å². The number of benzene rings is 1. The van der Waals surface area contributed by atoms with Crippen LogP contribution in [0.1, 0.15) is 36.3 Å². The molecule has 0 aliphatic heterocycles. The molecule has 1 aliphatic rings. The van der Waals surface area contributed by atoms with E-state index in [4.69, 9.17) is 0 Å². The number of Topliss-reactive ketones (excluding diaryl/α,β-unsaturated/α-hetero) is 2. The van der Waals surface area contributed by atoms with Gasteiger partial charge in [0, 0.05) is 12.8 Å². The molecule has 1 saturated carbocycles. The smallest absolute Gasteiger partial charge is 0.299 e. The number of ketones is 2. The van der Waals surface area contributed by atoms with E-state index in [9.17, 15) is 27.2 Å². The normalized spacial score (nSPS) is 17.9. The van der Waals surface area contributed by atoms with Crippen molar-refractivity contribution in [3.05, 3.63) is 35.1 Å². The summed E-state index contributed by atoms with van der Waals surface area (Å²) in [6.45, 7) is 0. The summed E-state index contributed by atoms with van der Waals surface area (Å²) in [6, 6.07) is 2.32. The lowest BCUT2D eigenvalue weighted by Gasteiger charge is -2.23. The highest BCUT2D eigenvalue weighted by atomic mass is 19.4. The summed E-state index contributed by atoms with van der Waals surface area (Å²) in [4.78, 5) is 22.6. The highest BCUT2D eigenvalue weighted by Crippen LogP contribution is 2.39. The van der Waals surface area contributed by atoms with Gasteiger partial charge in [0.25, 0.3) is 0 Å². The molecule has 2 nitrogen and oxygen atoms in total. The van der Waals surface area contributed by atoms with Crippen LogP contribution in [-0.4, -0.2) is 11.6 Å². The standard InChI is InChI=1S/C13H10F4O2/c14-8-1-2-11(12(5-8)13(15,16)17)7-3-9(18)6-10(19)4-7/h1-2,5,7H,3-4,6H2. The minimum atomic E-state index is -4.71. The molecule has 1 fully saturated rings. The number of alkyl halides is 3. The number of rotatable bonds is 1.